The lowest BCUT2D eigenvalue weighted by molar-refractivity contribution is -0.120. The van der Waals surface area contributed by atoms with Crippen molar-refractivity contribution in [3.63, 3.8) is 0 Å². The van der Waals surface area contributed by atoms with Crippen LogP contribution in [0.2, 0.25) is 10.0 Å². The van der Waals surface area contributed by atoms with E-state index in [4.69, 9.17) is 23.2 Å². The molecule has 2 N–H and O–H groups in total. The summed E-state index contributed by atoms with van der Waals surface area (Å²) in [6, 6.07) is 2.72. The molecule has 0 bridgehead atoms. The molecule has 0 aliphatic heterocycles. The van der Waals surface area contributed by atoms with Crippen molar-refractivity contribution in [1.29, 1.82) is 0 Å². The Morgan fingerprint density at radius 1 is 1.10 bits per heavy atom. The molecule has 1 aliphatic carbocycles. The summed E-state index contributed by atoms with van der Waals surface area (Å²) in [4.78, 5) is 23.6. The second-order valence-electron chi connectivity index (χ2n) is 5.29. The van der Waals surface area contributed by atoms with E-state index in [2.05, 4.69) is 5.32 Å². The van der Waals surface area contributed by atoms with Gasteiger partial charge in [-0.15, -0.1) is 0 Å². The Labute approximate surface area is 133 Å². The van der Waals surface area contributed by atoms with Gasteiger partial charge in [0.2, 0.25) is 5.91 Å². The van der Waals surface area contributed by atoms with E-state index < -0.39 is 5.97 Å². The Kier molecular flexibility index (Phi) is 5.48. The van der Waals surface area contributed by atoms with Crippen molar-refractivity contribution in [2.24, 2.45) is 5.92 Å². The highest BCUT2D eigenvalue weighted by Crippen LogP contribution is 2.32. The molecule has 1 aromatic rings. The quantitative estimate of drug-likeness (QED) is 0.796. The van der Waals surface area contributed by atoms with Gasteiger partial charge in [-0.2, -0.15) is 0 Å². The van der Waals surface area contributed by atoms with Crippen LogP contribution in [0.25, 0.3) is 0 Å². The van der Waals surface area contributed by atoms with Gasteiger partial charge in [-0.05, 0) is 25.0 Å². The molecule has 1 aliphatic rings. The third-order valence-corrected chi connectivity index (χ3v) is 4.28. The van der Waals surface area contributed by atoms with Crippen LogP contribution in [-0.4, -0.2) is 17.0 Å². The molecule has 0 aromatic heterocycles. The van der Waals surface area contributed by atoms with E-state index in [9.17, 15) is 14.7 Å². The summed E-state index contributed by atoms with van der Waals surface area (Å²) in [5.41, 5.74) is 0.0392. The number of hydrogen-bond acceptors (Lipinski definition) is 2. The van der Waals surface area contributed by atoms with Gasteiger partial charge in [0.1, 0.15) is 0 Å². The number of carboxylic acid groups (broad SMARTS) is 1. The fourth-order valence-corrected chi connectivity index (χ4v) is 3.18. The van der Waals surface area contributed by atoms with Crippen LogP contribution in [0.15, 0.2) is 12.1 Å². The Hall–Kier alpha value is -1.26. The molecule has 1 amide bonds. The van der Waals surface area contributed by atoms with E-state index in [-0.39, 0.29) is 33.1 Å². The minimum atomic E-state index is -1.17. The first-order valence-electron chi connectivity index (χ1n) is 7.02. The third kappa shape index (κ3) is 4.11. The van der Waals surface area contributed by atoms with Gasteiger partial charge in [0.25, 0.3) is 0 Å². The summed E-state index contributed by atoms with van der Waals surface area (Å²) in [5, 5.41) is 12.3. The second-order valence-corrected chi connectivity index (χ2v) is 6.14. The van der Waals surface area contributed by atoms with E-state index in [0.29, 0.717) is 0 Å². The van der Waals surface area contributed by atoms with Gasteiger partial charge in [-0.3, -0.25) is 4.79 Å². The molecule has 0 unspecified atom stereocenters. The summed E-state index contributed by atoms with van der Waals surface area (Å²) >= 11 is 11.8. The maximum absolute atomic E-state index is 12.3. The molecule has 1 fully saturated rings. The first-order valence-corrected chi connectivity index (χ1v) is 7.78. The van der Waals surface area contributed by atoms with E-state index in [1.165, 1.54) is 12.1 Å². The molecule has 0 heterocycles. The summed E-state index contributed by atoms with van der Waals surface area (Å²) in [7, 11) is 0. The number of carbonyl (C=O) groups is 2. The van der Waals surface area contributed by atoms with Crippen LogP contribution in [0.3, 0.4) is 0 Å². The molecule has 1 saturated carbocycles. The SMILES string of the molecule is O=C(O)c1cc(Cl)cc(Cl)c1NC(=O)C1CCCCCC1. The molecular weight excluding hydrogens is 313 g/mol. The summed E-state index contributed by atoms with van der Waals surface area (Å²) in [6.07, 6.45) is 6.01. The number of halogens is 2. The number of hydrogen-bond donors (Lipinski definition) is 2. The van der Waals surface area contributed by atoms with Crippen LogP contribution < -0.4 is 5.32 Å². The Morgan fingerprint density at radius 2 is 1.71 bits per heavy atom. The molecule has 4 nitrogen and oxygen atoms in total. The minimum Gasteiger partial charge on any atom is -0.478 e. The third-order valence-electron chi connectivity index (χ3n) is 3.76. The predicted octanol–water partition coefficient (Wildman–Crippen LogP) is 4.60. The van der Waals surface area contributed by atoms with Crippen molar-refractivity contribution < 1.29 is 14.7 Å². The highest BCUT2D eigenvalue weighted by Gasteiger charge is 2.23. The molecule has 0 saturated heterocycles. The first-order chi connectivity index (χ1) is 9.99. The standard InChI is InChI=1S/C15H17Cl2NO3/c16-10-7-11(15(20)21)13(12(17)8-10)18-14(19)9-5-3-1-2-4-6-9/h7-9H,1-6H2,(H,18,19)(H,20,21). The monoisotopic (exact) mass is 329 g/mol. The maximum Gasteiger partial charge on any atom is 0.337 e. The number of aromatic carboxylic acids is 1. The first kappa shape index (κ1) is 16.1. The van der Waals surface area contributed by atoms with Crippen LogP contribution in [0.1, 0.15) is 48.9 Å². The average molecular weight is 330 g/mol. The van der Waals surface area contributed by atoms with Gasteiger partial charge < -0.3 is 10.4 Å². The number of carbonyl (C=O) groups excluding carboxylic acids is 1. The highest BCUT2D eigenvalue weighted by molar-refractivity contribution is 6.37. The molecule has 2 rings (SSSR count). The summed E-state index contributed by atoms with van der Waals surface area (Å²) < 4.78 is 0. The number of amides is 1. The molecule has 6 heteroatoms. The normalized spacial score (nSPS) is 16.3. The zero-order chi connectivity index (χ0) is 15.4. The topological polar surface area (TPSA) is 66.4 Å². The van der Waals surface area contributed by atoms with Crippen LogP contribution in [0.4, 0.5) is 5.69 Å². The minimum absolute atomic E-state index is 0.0825. The van der Waals surface area contributed by atoms with E-state index in [0.717, 1.165) is 38.5 Å². The Bertz CT molecular complexity index is 552. The van der Waals surface area contributed by atoms with Gasteiger partial charge in [0, 0.05) is 10.9 Å². The fraction of sp³-hybridized carbons (Fsp3) is 0.467. The lowest BCUT2D eigenvalue weighted by Crippen LogP contribution is -2.23. The lowest BCUT2D eigenvalue weighted by atomic mass is 9.99. The number of benzene rings is 1. The van der Waals surface area contributed by atoms with Gasteiger partial charge in [0.15, 0.2) is 0 Å². The number of carboxylic acids is 1. The van der Waals surface area contributed by atoms with Crippen LogP contribution in [-0.2, 0) is 4.79 Å². The molecular formula is C15H17Cl2NO3. The van der Waals surface area contributed by atoms with Crippen LogP contribution in [0.5, 0.6) is 0 Å². The Balaban J connectivity index is 2.22. The smallest absolute Gasteiger partial charge is 0.337 e. The van der Waals surface area contributed by atoms with Gasteiger partial charge in [0.05, 0.1) is 16.3 Å². The number of rotatable bonds is 3. The lowest BCUT2D eigenvalue weighted by Gasteiger charge is -2.16. The molecule has 21 heavy (non-hydrogen) atoms. The van der Waals surface area contributed by atoms with Crippen molar-refractivity contribution in [2.75, 3.05) is 5.32 Å². The van der Waals surface area contributed by atoms with E-state index >= 15 is 0 Å². The van der Waals surface area contributed by atoms with Crippen molar-refractivity contribution in [3.8, 4) is 0 Å². The fourth-order valence-electron chi connectivity index (χ4n) is 2.64. The van der Waals surface area contributed by atoms with Crippen molar-refractivity contribution in [2.45, 2.75) is 38.5 Å². The number of anilines is 1. The molecule has 0 spiro atoms. The van der Waals surface area contributed by atoms with Crippen molar-refractivity contribution >= 4 is 40.8 Å². The van der Waals surface area contributed by atoms with Crippen LogP contribution in [0, 0.1) is 5.92 Å². The van der Waals surface area contributed by atoms with E-state index in [1.54, 1.807) is 0 Å². The highest BCUT2D eigenvalue weighted by atomic mass is 35.5. The van der Waals surface area contributed by atoms with Crippen molar-refractivity contribution in [1.82, 2.24) is 0 Å². The molecule has 0 radical (unpaired) electrons. The number of nitrogens with one attached hydrogen (secondary N) is 1. The predicted molar refractivity (Wildman–Crippen MR) is 83.2 cm³/mol. The maximum atomic E-state index is 12.3. The molecule has 114 valence electrons. The zero-order valence-electron chi connectivity index (χ0n) is 11.5. The van der Waals surface area contributed by atoms with Crippen molar-refractivity contribution in [3.05, 3.63) is 27.7 Å². The van der Waals surface area contributed by atoms with Gasteiger partial charge >= 0.3 is 5.97 Å². The van der Waals surface area contributed by atoms with E-state index in [1.807, 2.05) is 0 Å². The molecule has 0 atom stereocenters. The summed E-state index contributed by atoms with van der Waals surface area (Å²) in [6.45, 7) is 0. The second kappa shape index (κ2) is 7.14. The summed E-state index contributed by atoms with van der Waals surface area (Å²) in [5.74, 6) is -1.42. The van der Waals surface area contributed by atoms with Crippen LogP contribution >= 0.6 is 23.2 Å². The van der Waals surface area contributed by atoms with Gasteiger partial charge in [-0.25, -0.2) is 4.79 Å². The van der Waals surface area contributed by atoms with Gasteiger partial charge in [-0.1, -0.05) is 48.9 Å². The Morgan fingerprint density at radius 3 is 2.29 bits per heavy atom. The molecule has 1 aromatic carbocycles. The largest absolute Gasteiger partial charge is 0.478 e. The average Bonchev–Trinajstić information content (AvgIpc) is 2.70. The zero-order valence-corrected chi connectivity index (χ0v) is 13.0.